The van der Waals surface area contributed by atoms with Crippen LogP contribution in [0.25, 0.3) is 0 Å². The smallest absolute Gasteiger partial charge is 0.337 e. The first-order valence-corrected chi connectivity index (χ1v) is 14.7. The van der Waals surface area contributed by atoms with Crippen LogP contribution in [-0.2, 0) is 9.47 Å². The van der Waals surface area contributed by atoms with E-state index in [0.717, 1.165) is 38.5 Å². The van der Waals surface area contributed by atoms with Crippen molar-refractivity contribution in [3.8, 4) is 0 Å². The van der Waals surface area contributed by atoms with Crippen molar-refractivity contribution in [3.63, 3.8) is 0 Å². The lowest BCUT2D eigenvalue weighted by atomic mass is 9.70. The predicted molar refractivity (Wildman–Crippen MR) is 156 cm³/mol. The molecule has 0 spiro atoms. The Hall–Kier alpha value is -3.68. The minimum Gasteiger partial charge on any atom is -0.465 e. The normalized spacial score (nSPS) is 26.0. The molecule has 0 aromatic heterocycles. The fraction of sp³-hybridized carbons (Fsp3) is 0.515. The quantitative estimate of drug-likeness (QED) is 0.416. The number of esters is 2. The number of carbonyl (C=O) groups is 4. The first-order valence-electron chi connectivity index (χ1n) is 14.7. The number of nitrogens with one attached hydrogen (secondary N) is 2. The fourth-order valence-corrected chi connectivity index (χ4v) is 6.60. The zero-order valence-corrected chi connectivity index (χ0v) is 24.5. The summed E-state index contributed by atoms with van der Waals surface area (Å²) in [4.78, 5) is 48.9. The van der Waals surface area contributed by atoms with Crippen LogP contribution in [0.4, 0.5) is 0 Å². The molecule has 8 nitrogen and oxygen atoms in total. The van der Waals surface area contributed by atoms with E-state index in [1.807, 2.05) is 0 Å². The molecule has 2 aromatic carbocycles. The van der Waals surface area contributed by atoms with Gasteiger partial charge in [0.05, 0.1) is 25.3 Å². The minimum atomic E-state index is -0.416. The van der Waals surface area contributed by atoms with Crippen LogP contribution in [0.3, 0.4) is 0 Å². The van der Waals surface area contributed by atoms with Crippen molar-refractivity contribution in [1.82, 2.24) is 10.6 Å². The molecule has 41 heavy (non-hydrogen) atoms. The lowest BCUT2D eigenvalue weighted by Gasteiger charge is -2.39. The third-order valence-corrected chi connectivity index (χ3v) is 8.99. The van der Waals surface area contributed by atoms with Gasteiger partial charge in [-0.15, -0.1) is 0 Å². The molecular weight excluding hydrogens is 520 g/mol. The fourth-order valence-electron chi connectivity index (χ4n) is 6.60. The van der Waals surface area contributed by atoms with E-state index < -0.39 is 11.9 Å². The predicted octanol–water partition coefficient (Wildman–Crippen LogP) is 5.42. The van der Waals surface area contributed by atoms with E-state index in [1.54, 1.807) is 48.5 Å². The molecule has 2 N–H and O–H groups in total. The van der Waals surface area contributed by atoms with Gasteiger partial charge in [0.2, 0.25) is 0 Å². The highest BCUT2D eigenvalue weighted by atomic mass is 16.5. The Balaban J connectivity index is 1.21. The van der Waals surface area contributed by atoms with Gasteiger partial charge in [-0.05, 0) is 117 Å². The van der Waals surface area contributed by atoms with Gasteiger partial charge in [0.15, 0.2) is 0 Å². The number of carbonyl (C=O) groups excluding carboxylic acids is 4. The minimum absolute atomic E-state index is 0.106. The van der Waals surface area contributed by atoms with Crippen LogP contribution >= 0.6 is 0 Å². The third kappa shape index (κ3) is 7.75. The molecular formula is C33H42N2O6. The molecule has 6 unspecified atom stereocenters. The maximum absolute atomic E-state index is 12.8. The molecule has 2 aromatic rings. The van der Waals surface area contributed by atoms with Crippen LogP contribution in [0.15, 0.2) is 48.5 Å². The molecule has 0 radical (unpaired) electrons. The summed E-state index contributed by atoms with van der Waals surface area (Å²) in [5, 5.41) is 6.42. The van der Waals surface area contributed by atoms with Crippen molar-refractivity contribution < 1.29 is 28.7 Å². The highest BCUT2D eigenvalue weighted by Gasteiger charge is 2.34. The topological polar surface area (TPSA) is 111 Å². The number of hydrogen-bond acceptors (Lipinski definition) is 6. The Morgan fingerprint density at radius 1 is 0.610 bits per heavy atom. The van der Waals surface area contributed by atoms with Gasteiger partial charge in [-0.2, -0.15) is 0 Å². The van der Waals surface area contributed by atoms with Crippen molar-refractivity contribution >= 4 is 23.8 Å². The molecule has 0 aliphatic heterocycles. The summed E-state index contributed by atoms with van der Waals surface area (Å²) in [7, 11) is 2.68. The van der Waals surface area contributed by atoms with E-state index >= 15 is 0 Å². The van der Waals surface area contributed by atoms with Crippen LogP contribution < -0.4 is 10.6 Å². The van der Waals surface area contributed by atoms with Crippen LogP contribution in [-0.4, -0.2) is 50.1 Å². The van der Waals surface area contributed by atoms with Gasteiger partial charge in [-0.3, -0.25) is 9.59 Å². The first-order chi connectivity index (χ1) is 19.7. The van der Waals surface area contributed by atoms with E-state index in [-0.39, 0.29) is 23.9 Å². The van der Waals surface area contributed by atoms with Gasteiger partial charge in [-0.25, -0.2) is 9.59 Å². The Morgan fingerprint density at radius 2 is 0.951 bits per heavy atom. The Kier molecular flexibility index (Phi) is 10.2. The van der Waals surface area contributed by atoms with Crippen molar-refractivity contribution in [2.75, 3.05) is 14.2 Å². The van der Waals surface area contributed by atoms with E-state index in [1.165, 1.54) is 20.6 Å². The summed E-state index contributed by atoms with van der Waals surface area (Å²) >= 11 is 0. The van der Waals surface area contributed by atoms with Crippen molar-refractivity contribution in [3.05, 3.63) is 70.8 Å². The van der Waals surface area contributed by atoms with Crippen LogP contribution in [0.2, 0.25) is 0 Å². The van der Waals surface area contributed by atoms with Crippen molar-refractivity contribution in [2.45, 2.75) is 70.9 Å². The number of rotatable bonds is 8. The zero-order chi connectivity index (χ0) is 29.5. The van der Waals surface area contributed by atoms with Crippen LogP contribution in [0, 0.1) is 23.7 Å². The SMILES string of the molecule is COC(=O)c1ccc(C(=O)NC2CCC(CC3CCC(NC(=O)c4ccc(C(=O)OC)cc4)C(C)C3)CC2C)cc1. The second-order valence-electron chi connectivity index (χ2n) is 11.8. The van der Waals surface area contributed by atoms with Crippen molar-refractivity contribution in [2.24, 2.45) is 23.7 Å². The monoisotopic (exact) mass is 562 g/mol. The molecule has 2 amide bonds. The second-order valence-corrected chi connectivity index (χ2v) is 11.8. The highest BCUT2D eigenvalue weighted by Crippen LogP contribution is 2.39. The van der Waals surface area contributed by atoms with Gasteiger partial charge in [0.25, 0.3) is 11.8 Å². The van der Waals surface area contributed by atoms with Gasteiger partial charge in [0, 0.05) is 23.2 Å². The summed E-state index contributed by atoms with van der Waals surface area (Å²) in [6.45, 7) is 4.45. The van der Waals surface area contributed by atoms with Gasteiger partial charge >= 0.3 is 11.9 Å². The summed E-state index contributed by atoms with van der Waals surface area (Å²) in [5.41, 5.74) is 1.94. The van der Waals surface area contributed by atoms with Gasteiger partial charge in [0.1, 0.15) is 0 Å². The molecule has 4 rings (SSSR count). The summed E-state index contributed by atoms with van der Waals surface area (Å²) < 4.78 is 9.45. The molecule has 2 aliphatic carbocycles. The summed E-state index contributed by atoms with van der Waals surface area (Å²) in [5.74, 6) is 1.04. The summed E-state index contributed by atoms with van der Waals surface area (Å²) in [6, 6.07) is 13.4. The molecule has 6 atom stereocenters. The average molecular weight is 563 g/mol. The Bertz CT molecular complexity index is 1130. The molecule has 0 bridgehead atoms. The molecule has 8 heteroatoms. The molecule has 2 aliphatic rings. The lowest BCUT2D eigenvalue weighted by molar-refractivity contribution is 0.0592. The first kappa shape index (κ1) is 30.3. The van der Waals surface area contributed by atoms with Gasteiger partial charge in [-0.1, -0.05) is 13.8 Å². The molecule has 2 fully saturated rings. The van der Waals surface area contributed by atoms with Crippen LogP contribution in [0.5, 0.6) is 0 Å². The largest absolute Gasteiger partial charge is 0.465 e. The van der Waals surface area contributed by atoms with E-state index in [0.29, 0.717) is 45.9 Å². The number of ether oxygens (including phenoxy) is 2. The third-order valence-electron chi connectivity index (χ3n) is 8.99. The number of amides is 2. The Morgan fingerprint density at radius 3 is 1.27 bits per heavy atom. The summed E-state index contributed by atoms with van der Waals surface area (Å²) in [6.07, 6.45) is 7.52. The van der Waals surface area contributed by atoms with E-state index in [4.69, 9.17) is 9.47 Å². The lowest BCUT2D eigenvalue weighted by Crippen LogP contribution is -2.44. The van der Waals surface area contributed by atoms with E-state index in [2.05, 4.69) is 24.5 Å². The molecule has 220 valence electrons. The number of benzene rings is 2. The average Bonchev–Trinajstić information content (AvgIpc) is 2.99. The van der Waals surface area contributed by atoms with Crippen molar-refractivity contribution in [1.29, 1.82) is 0 Å². The second kappa shape index (κ2) is 13.8. The molecule has 0 heterocycles. The maximum Gasteiger partial charge on any atom is 0.337 e. The number of hydrogen-bond donors (Lipinski definition) is 2. The standard InChI is InChI=1S/C33H42N2O6/c1-20-17-22(5-15-28(20)34-30(36)24-7-11-26(12-8-24)32(38)40-3)19-23-6-16-29(21(2)18-23)35-31(37)25-9-13-27(14-10-25)33(39)41-4/h7-14,20-23,28-29H,5-6,15-19H2,1-4H3,(H,34,36)(H,35,37). The van der Waals surface area contributed by atoms with Crippen LogP contribution in [0.1, 0.15) is 100 Å². The van der Waals surface area contributed by atoms with E-state index in [9.17, 15) is 19.2 Å². The zero-order valence-electron chi connectivity index (χ0n) is 24.5. The number of methoxy groups -OCH3 is 2. The Labute approximate surface area is 242 Å². The molecule has 0 saturated heterocycles. The highest BCUT2D eigenvalue weighted by molar-refractivity contribution is 5.97. The van der Waals surface area contributed by atoms with Gasteiger partial charge < -0.3 is 20.1 Å². The molecule has 2 saturated carbocycles. The maximum atomic E-state index is 12.8.